The predicted octanol–water partition coefficient (Wildman–Crippen LogP) is 3.16. The quantitative estimate of drug-likeness (QED) is 0.705. The van der Waals surface area contributed by atoms with Gasteiger partial charge in [-0.3, -0.25) is 9.59 Å². The van der Waals surface area contributed by atoms with E-state index < -0.39 is 10.0 Å². The van der Waals surface area contributed by atoms with Crippen LogP contribution in [0.3, 0.4) is 0 Å². The van der Waals surface area contributed by atoms with Crippen molar-refractivity contribution in [1.82, 2.24) is 4.72 Å². The molecule has 26 heavy (non-hydrogen) atoms. The molecule has 2 aromatic carbocycles. The highest BCUT2D eigenvalue weighted by Crippen LogP contribution is 2.20. The summed E-state index contributed by atoms with van der Waals surface area (Å²) in [6.07, 6.45) is -0.0310. The Morgan fingerprint density at radius 3 is 2.35 bits per heavy atom. The smallest absolute Gasteiger partial charge is 0.240 e. The highest BCUT2D eigenvalue weighted by molar-refractivity contribution is 7.89. The highest BCUT2D eigenvalue weighted by Gasteiger charge is 2.15. The largest absolute Gasteiger partial charge is 0.326 e. The first kappa shape index (κ1) is 20.1. The summed E-state index contributed by atoms with van der Waals surface area (Å²) in [5.41, 5.74) is 1.87. The summed E-state index contributed by atoms with van der Waals surface area (Å²) in [6, 6.07) is 10.7. The first-order valence-corrected chi connectivity index (χ1v) is 9.72. The van der Waals surface area contributed by atoms with Gasteiger partial charge < -0.3 is 5.32 Å². The number of carbonyl (C=O) groups excluding carboxylic acids is 2. The Morgan fingerprint density at radius 1 is 1.08 bits per heavy atom. The second kappa shape index (κ2) is 8.44. The van der Waals surface area contributed by atoms with Crippen LogP contribution in [0.1, 0.15) is 29.3 Å². The molecule has 0 aliphatic carbocycles. The van der Waals surface area contributed by atoms with Gasteiger partial charge in [-0.05, 0) is 43.7 Å². The molecule has 1 amide bonds. The van der Waals surface area contributed by atoms with Crippen LogP contribution in [0.4, 0.5) is 5.69 Å². The zero-order chi connectivity index (χ0) is 19.3. The predicted molar refractivity (Wildman–Crippen MR) is 101 cm³/mol. The molecule has 2 rings (SSSR count). The first-order valence-electron chi connectivity index (χ1n) is 7.86. The molecule has 6 nitrogen and oxygen atoms in total. The Kier molecular flexibility index (Phi) is 6.52. The Labute approximate surface area is 157 Å². The lowest BCUT2D eigenvalue weighted by molar-refractivity contribution is -0.116. The Bertz CT molecular complexity index is 925. The van der Waals surface area contributed by atoms with Crippen LogP contribution in [-0.2, 0) is 14.8 Å². The Morgan fingerprint density at radius 2 is 1.73 bits per heavy atom. The molecular formula is C18H19ClN2O4S. The van der Waals surface area contributed by atoms with Crippen molar-refractivity contribution in [2.24, 2.45) is 0 Å². The number of sulfonamides is 1. The molecule has 0 aromatic heterocycles. The zero-order valence-electron chi connectivity index (χ0n) is 14.4. The molecule has 0 bridgehead atoms. The third-order valence-electron chi connectivity index (χ3n) is 3.69. The summed E-state index contributed by atoms with van der Waals surface area (Å²) in [5.74, 6) is -0.472. The monoisotopic (exact) mass is 394 g/mol. The van der Waals surface area contributed by atoms with Gasteiger partial charge in [0.2, 0.25) is 15.9 Å². The first-order chi connectivity index (χ1) is 12.2. The second-order valence-electron chi connectivity index (χ2n) is 5.74. The van der Waals surface area contributed by atoms with Gasteiger partial charge in [-0.2, -0.15) is 0 Å². The van der Waals surface area contributed by atoms with Gasteiger partial charge >= 0.3 is 0 Å². The van der Waals surface area contributed by atoms with Crippen molar-refractivity contribution in [2.45, 2.75) is 25.2 Å². The molecule has 0 unspecified atom stereocenters. The molecule has 0 radical (unpaired) electrons. The molecule has 0 heterocycles. The minimum Gasteiger partial charge on any atom is -0.326 e. The van der Waals surface area contributed by atoms with Crippen LogP contribution >= 0.6 is 11.6 Å². The third kappa shape index (κ3) is 5.39. The molecule has 0 saturated carbocycles. The molecule has 0 atom stereocenters. The summed E-state index contributed by atoms with van der Waals surface area (Å²) < 4.78 is 26.8. The summed E-state index contributed by atoms with van der Waals surface area (Å²) in [6.45, 7) is 3.18. The van der Waals surface area contributed by atoms with Gasteiger partial charge in [0.15, 0.2) is 5.78 Å². The normalized spacial score (nSPS) is 11.2. The molecule has 0 aliphatic rings. The average molecular weight is 395 g/mol. The molecule has 2 aromatic rings. The van der Waals surface area contributed by atoms with E-state index in [1.165, 1.54) is 31.2 Å². The number of hydrogen-bond donors (Lipinski definition) is 2. The van der Waals surface area contributed by atoms with Crippen LogP contribution in [-0.4, -0.2) is 26.7 Å². The molecule has 2 N–H and O–H groups in total. The molecule has 8 heteroatoms. The van der Waals surface area contributed by atoms with Crippen molar-refractivity contribution in [3.8, 4) is 0 Å². The van der Waals surface area contributed by atoms with E-state index in [0.29, 0.717) is 16.3 Å². The van der Waals surface area contributed by atoms with E-state index in [4.69, 9.17) is 11.6 Å². The van der Waals surface area contributed by atoms with Crippen molar-refractivity contribution in [3.63, 3.8) is 0 Å². The van der Waals surface area contributed by atoms with Crippen LogP contribution in [0.2, 0.25) is 5.02 Å². The van der Waals surface area contributed by atoms with Crippen molar-refractivity contribution in [3.05, 3.63) is 58.6 Å². The van der Waals surface area contributed by atoms with E-state index in [1.54, 1.807) is 18.2 Å². The minimum absolute atomic E-state index is 0.0310. The minimum atomic E-state index is -3.75. The van der Waals surface area contributed by atoms with Gasteiger partial charge in [0.25, 0.3) is 0 Å². The number of ketones is 1. The van der Waals surface area contributed by atoms with Gasteiger partial charge in [-0.15, -0.1) is 0 Å². The number of anilines is 1. The summed E-state index contributed by atoms with van der Waals surface area (Å²) in [5, 5.41) is 3.20. The van der Waals surface area contributed by atoms with Crippen molar-refractivity contribution < 1.29 is 18.0 Å². The van der Waals surface area contributed by atoms with Crippen LogP contribution in [0.25, 0.3) is 0 Å². The third-order valence-corrected chi connectivity index (χ3v) is 5.40. The van der Waals surface area contributed by atoms with Crippen LogP contribution in [0, 0.1) is 6.92 Å². The van der Waals surface area contributed by atoms with E-state index in [9.17, 15) is 18.0 Å². The maximum Gasteiger partial charge on any atom is 0.240 e. The van der Waals surface area contributed by atoms with Gasteiger partial charge in [0.1, 0.15) is 0 Å². The number of Topliss-reactive ketones (excluding diaryl/α,β-unsaturated/α-hetero) is 1. The summed E-state index contributed by atoms with van der Waals surface area (Å²) in [7, 11) is -3.75. The lowest BCUT2D eigenvalue weighted by Gasteiger charge is -2.10. The zero-order valence-corrected chi connectivity index (χ0v) is 15.9. The number of rotatable bonds is 7. The molecule has 0 saturated heterocycles. The van der Waals surface area contributed by atoms with Crippen LogP contribution in [0.5, 0.6) is 0 Å². The topological polar surface area (TPSA) is 92.3 Å². The van der Waals surface area contributed by atoms with Crippen molar-refractivity contribution >= 4 is 39.0 Å². The fourth-order valence-corrected chi connectivity index (χ4v) is 3.40. The number of aryl methyl sites for hydroxylation is 1. The molecule has 0 aliphatic heterocycles. The van der Waals surface area contributed by atoms with Crippen LogP contribution < -0.4 is 10.0 Å². The number of hydrogen-bond acceptors (Lipinski definition) is 4. The van der Waals surface area contributed by atoms with Crippen molar-refractivity contribution in [1.29, 1.82) is 0 Å². The number of halogens is 1. The molecule has 138 valence electrons. The van der Waals surface area contributed by atoms with Crippen molar-refractivity contribution in [2.75, 3.05) is 11.9 Å². The fraction of sp³-hybridized carbons (Fsp3) is 0.222. The average Bonchev–Trinajstić information content (AvgIpc) is 2.58. The summed E-state index contributed by atoms with van der Waals surface area (Å²) >= 11 is 5.90. The number of amides is 1. The maximum atomic E-state index is 12.2. The fourth-order valence-electron chi connectivity index (χ4n) is 2.19. The number of carbonyl (C=O) groups is 2. The molecular weight excluding hydrogens is 376 g/mol. The lowest BCUT2D eigenvalue weighted by atomic mass is 10.2. The molecule has 0 fully saturated rings. The van der Waals surface area contributed by atoms with Gasteiger partial charge in [0, 0.05) is 29.2 Å². The van der Waals surface area contributed by atoms with E-state index in [0.717, 1.165) is 5.56 Å². The standard InChI is InChI=1S/C18H19ClN2O4S/c1-12-3-6-15(19)11-17(12)21-18(23)9-10-20-26(24,25)16-7-4-14(5-8-16)13(2)22/h3-8,11,20H,9-10H2,1-2H3,(H,21,23). The van der Waals surface area contributed by atoms with E-state index in [1.807, 2.05) is 6.92 Å². The lowest BCUT2D eigenvalue weighted by Crippen LogP contribution is -2.28. The van der Waals surface area contributed by atoms with Crippen LogP contribution in [0.15, 0.2) is 47.4 Å². The molecule has 0 spiro atoms. The van der Waals surface area contributed by atoms with Gasteiger partial charge in [-0.1, -0.05) is 29.8 Å². The Hall–Kier alpha value is -2.22. The number of benzene rings is 2. The van der Waals surface area contributed by atoms with E-state index in [2.05, 4.69) is 10.0 Å². The van der Waals surface area contributed by atoms with E-state index >= 15 is 0 Å². The maximum absolute atomic E-state index is 12.2. The second-order valence-corrected chi connectivity index (χ2v) is 7.94. The SMILES string of the molecule is CC(=O)c1ccc(S(=O)(=O)NCCC(=O)Nc2cc(Cl)ccc2C)cc1. The van der Waals surface area contributed by atoms with Gasteiger partial charge in [-0.25, -0.2) is 13.1 Å². The highest BCUT2D eigenvalue weighted by atomic mass is 35.5. The van der Waals surface area contributed by atoms with Gasteiger partial charge in [0.05, 0.1) is 4.90 Å². The summed E-state index contributed by atoms with van der Waals surface area (Å²) in [4.78, 5) is 23.3. The van der Waals surface area contributed by atoms with E-state index in [-0.39, 0.29) is 29.6 Å². The number of nitrogens with one attached hydrogen (secondary N) is 2. The Balaban J connectivity index is 1.92.